The number of halogens is 3. The van der Waals surface area contributed by atoms with E-state index in [1.54, 1.807) is 29.3 Å². The molecule has 3 aromatic heterocycles. The molecule has 0 aliphatic carbocycles. The topological polar surface area (TPSA) is 89.3 Å². The molecule has 1 saturated heterocycles. The summed E-state index contributed by atoms with van der Waals surface area (Å²) in [7, 11) is 0. The average Bonchev–Trinajstić information content (AvgIpc) is 3.48. The predicted octanol–water partition coefficient (Wildman–Crippen LogP) is 5.97. The summed E-state index contributed by atoms with van der Waals surface area (Å²) in [6.07, 6.45) is 0.329. The lowest BCUT2D eigenvalue weighted by atomic mass is 10.0. The van der Waals surface area contributed by atoms with E-state index in [1.807, 2.05) is 13.8 Å². The van der Waals surface area contributed by atoms with Gasteiger partial charge in [-0.25, -0.2) is 18.2 Å². The summed E-state index contributed by atoms with van der Waals surface area (Å²) in [4.78, 5) is 38.5. The Hall–Kier alpha value is -4.29. The van der Waals surface area contributed by atoms with E-state index in [0.29, 0.717) is 48.1 Å². The Morgan fingerprint density at radius 1 is 1.16 bits per heavy atom. The van der Waals surface area contributed by atoms with Gasteiger partial charge in [0.1, 0.15) is 22.3 Å². The van der Waals surface area contributed by atoms with Crippen LogP contribution in [0.25, 0.3) is 33.6 Å². The van der Waals surface area contributed by atoms with Crippen molar-refractivity contribution in [3.8, 4) is 33.3 Å². The van der Waals surface area contributed by atoms with Crippen LogP contribution in [0.3, 0.4) is 0 Å². The van der Waals surface area contributed by atoms with Gasteiger partial charge in [0.05, 0.1) is 34.8 Å². The van der Waals surface area contributed by atoms with Crippen molar-refractivity contribution in [3.63, 3.8) is 0 Å². The Labute approximate surface area is 250 Å². The highest BCUT2D eigenvalue weighted by molar-refractivity contribution is 7.13. The first-order chi connectivity index (χ1) is 20.7. The van der Waals surface area contributed by atoms with Gasteiger partial charge in [-0.15, -0.1) is 11.3 Å². The Kier molecular flexibility index (Phi) is 9.07. The first kappa shape index (κ1) is 30.2. The molecule has 5 rings (SSSR count). The van der Waals surface area contributed by atoms with Crippen molar-refractivity contribution in [1.29, 1.82) is 0 Å². The van der Waals surface area contributed by atoms with Gasteiger partial charge in [-0.3, -0.25) is 19.1 Å². The number of alkyl halides is 2. The Bertz CT molecular complexity index is 1720. The van der Waals surface area contributed by atoms with Crippen molar-refractivity contribution in [1.82, 2.24) is 24.8 Å². The first-order valence-corrected chi connectivity index (χ1v) is 14.6. The fourth-order valence-corrected chi connectivity index (χ4v) is 5.64. The van der Waals surface area contributed by atoms with Crippen LogP contribution in [0.4, 0.5) is 13.2 Å². The number of hydrogen-bond donors (Lipinski definition) is 1. The molecule has 0 atom stereocenters. The van der Waals surface area contributed by atoms with Crippen molar-refractivity contribution < 1.29 is 22.7 Å². The second kappa shape index (κ2) is 12.9. The number of thiazole rings is 1. The third kappa shape index (κ3) is 6.40. The molecule has 8 nitrogen and oxygen atoms in total. The summed E-state index contributed by atoms with van der Waals surface area (Å²) in [6, 6.07) is 8.17. The van der Waals surface area contributed by atoms with Crippen molar-refractivity contribution >= 4 is 23.3 Å². The molecule has 1 aliphatic heterocycles. The summed E-state index contributed by atoms with van der Waals surface area (Å²) < 4.78 is 47.8. The van der Waals surface area contributed by atoms with E-state index < -0.39 is 17.8 Å². The van der Waals surface area contributed by atoms with Gasteiger partial charge in [-0.2, -0.15) is 0 Å². The number of aromatic nitrogens is 3. The number of benzene rings is 1. The van der Waals surface area contributed by atoms with Gasteiger partial charge in [0, 0.05) is 49.4 Å². The number of rotatable bonds is 8. The number of ether oxygens (including phenoxy) is 1. The lowest BCUT2D eigenvalue weighted by Crippen LogP contribution is -2.47. The molecule has 1 fully saturated rings. The van der Waals surface area contributed by atoms with Crippen molar-refractivity contribution in [2.45, 2.75) is 27.2 Å². The Morgan fingerprint density at radius 2 is 1.93 bits per heavy atom. The molecule has 1 aliphatic rings. The zero-order valence-electron chi connectivity index (χ0n) is 23.9. The highest BCUT2D eigenvalue weighted by atomic mass is 32.1. The number of carbonyl (C=O) groups is 1. The lowest BCUT2D eigenvalue weighted by molar-refractivity contribution is 0.0735. The van der Waals surface area contributed by atoms with Crippen LogP contribution in [0.5, 0.6) is 5.75 Å². The quantitative estimate of drug-likeness (QED) is 0.265. The van der Waals surface area contributed by atoms with E-state index in [0.717, 1.165) is 16.9 Å². The second-order valence-corrected chi connectivity index (χ2v) is 11.0. The average molecular weight is 610 g/mol. The molecule has 0 bridgehead atoms. The number of nitrogens with zero attached hydrogens (tertiary/aromatic N) is 4. The molecule has 1 N–H and O–H groups in total. The zero-order chi connectivity index (χ0) is 30.7. The Morgan fingerprint density at radius 3 is 2.58 bits per heavy atom. The number of nitrogens with one attached hydrogen (secondary N) is 1. The van der Waals surface area contributed by atoms with Crippen LogP contribution in [0.2, 0.25) is 0 Å². The third-order valence-corrected chi connectivity index (χ3v) is 7.68. The third-order valence-electron chi connectivity index (χ3n) is 6.80. The van der Waals surface area contributed by atoms with E-state index in [2.05, 4.69) is 15.3 Å². The summed E-state index contributed by atoms with van der Waals surface area (Å²) in [5.74, 6) is -0.579. The van der Waals surface area contributed by atoms with Gasteiger partial charge in [-0.05, 0) is 57.2 Å². The molecule has 0 saturated carbocycles. The fraction of sp³-hybridized carbons (Fsp3) is 0.290. The van der Waals surface area contributed by atoms with Crippen LogP contribution in [0, 0.1) is 5.82 Å². The summed E-state index contributed by atoms with van der Waals surface area (Å²) in [5.41, 5.74) is 1.70. The van der Waals surface area contributed by atoms with Gasteiger partial charge in [0.15, 0.2) is 0 Å². The zero-order valence-corrected chi connectivity index (χ0v) is 24.7. The number of allylic oxidation sites excluding steroid dienone is 1. The number of amides is 1. The molecule has 1 amide bonds. The molecule has 0 radical (unpaired) electrons. The monoisotopic (exact) mass is 609 g/mol. The van der Waals surface area contributed by atoms with Crippen molar-refractivity contribution in [3.05, 3.63) is 86.7 Å². The lowest BCUT2D eigenvalue weighted by Gasteiger charge is -2.29. The molecule has 1 aromatic carbocycles. The van der Waals surface area contributed by atoms with Crippen LogP contribution in [0.1, 0.15) is 48.9 Å². The maximum absolute atomic E-state index is 14.7. The minimum atomic E-state index is -2.70. The molecule has 0 unspecified atom stereocenters. The minimum Gasteiger partial charge on any atom is -0.492 e. The SMILES string of the molecule is CCOc1ccc(F)cc1-n1c(C=C(C)C)c(C(=O)N2CCNCC2)cc(-c2nc(-c3ccc(C(F)F)nc3)cs2)c1=O. The maximum atomic E-state index is 14.7. The normalized spacial score (nSPS) is 13.3. The van der Waals surface area contributed by atoms with E-state index in [9.17, 15) is 22.8 Å². The van der Waals surface area contributed by atoms with Gasteiger partial charge in [-0.1, -0.05) is 5.57 Å². The summed E-state index contributed by atoms with van der Waals surface area (Å²) >= 11 is 1.16. The molecule has 43 heavy (non-hydrogen) atoms. The summed E-state index contributed by atoms with van der Waals surface area (Å²) in [5, 5.41) is 5.23. The van der Waals surface area contributed by atoms with E-state index in [1.165, 1.54) is 41.1 Å². The van der Waals surface area contributed by atoms with Gasteiger partial charge in [0.25, 0.3) is 17.9 Å². The maximum Gasteiger partial charge on any atom is 0.280 e. The van der Waals surface area contributed by atoms with Gasteiger partial charge >= 0.3 is 0 Å². The highest BCUT2D eigenvalue weighted by Gasteiger charge is 2.27. The second-order valence-electron chi connectivity index (χ2n) is 10.1. The largest absolute Gasteiger partial charge is 0.492 e. The molecule has 224 valence electrons. The molecular weight excluding hydrogens is 579 g/mol. The number of piperazine rings is 1. The van der Waals surface area contributed by atoms with E-state index >= 15 is 0 Å². The standard InChI is InChI=1S/C31H30F3N5O3S/c1-4-42-27-8-6-20(32)14-26(27)39-25(13-18(2)3)21(30(40)38-11-9-35-10-12-38)15-22(31(39)41)29-37-24(17-43-29)19-5-7-23(28(33)34)36-16-19/h5-8,13-17,28,35H,4,9-12H2,1-3H3. The molecule has 12 heteroatoms. The van der Waals surface area contributed by atoms with E-state index in [-0.39, 0.29) is 40.8 Å². The number of carbonyl (C=O) groups excluding carboxylic acids is 1. The summed E-state index contributed by atoms with van der Waals surface area (Å²) in [6.45, 7) is 7.96. The molecule has 4 aromatic rings. The fourth-order valence-electron chi connectivity index (χ4n) is 4.81. The molecule has 4 heterocycles. The van der Waals surface area contributed by atoms with Crippen molar-refractivity contribution in [2.24, 2.45) is 0 Å². The first-order valence-electron chi connectivity index (χ1n) is 13.8. The van der Waals surface area contributed by atoms with Crippen LogP contribution in [0.15, 0.2) is 58.3 Å². The van der Waals surface area contributed by atoms with Crippen molar-refractivity contribution in [2.75, 3.05) is 32.8 Å². The number of pyridine rings is 2. The van der Waals surface area contributed by atoms with Crippen LogP contribution < -0.4 is 15.6 Å². The van der Waals surface area contributed by atoms with Crippen LogP contribution >= 0.6 is 11.3 Å². The smallest absolute Gasteiger partial charge is 0.280 e. The highest BCUT2D eigenvalue weighted by Crippen LogP contribution is 2.32. The molecule has 0 spiro atoms. The van der Waals surface area contributed by atoms with E-state index in [4.69, 9.17) is 4.74 Å². The minimum absolute atomic E-state index is 0.129. The number of hydrogen-bond acceptors (Lipinski definition) is 7. The van der Waals surface area contributed by atoms with Crippen LogP contribution in [-0.2, 0) is 0 Å². The molecular formula is C31H30F3N5O3S. The Balaban J connectivity index is 1.76. The van der Waals surface area contributed by atoms with Crippen LogP contribution in [-0.4, -0.2) is 58.1 Å². The predicted molar refractivity (Wildman–Crippen MR) is 161 cm³/mol. The van der Waals surface area contributed by atoms with Gasteiger partial charge < -0.3 is 15.0 Å². The van der Waals surface area contributed by atoms with Gasteiger partial charge in [0.2, 0.25) is 0 Å².